The average Bonchev–Trinajstić information content (AvgIpc) is 2.78. The summed E-state index contributed by atoms with van der Waals surface area (Å²) in [5.74, 6) is 2.56. The van der Waals surface area contributed by atoms with Gasteiger partial charge in [0.1, 0.15) is 17.2 Å². The Morgan fingerprint density at radius 2 is 1.76 bits per heavy atom. The first-order valence-corrected chi connectivity index (χ1v) is 8.76. The molecule has 1 saturated heterocycles. The van der Waals surface area contributed by atoms with Crippen molar-refractivity contribution < 1.29 is 9.47 Å². The van der Waals surface area contributed by atoms with Gasteiger partial charge in [0, 0.05) is 49.1 Å². The fourth-order valence-corrected chi connectivity index (χ4v) is 3.43. The molecule has 2 aliphatic heterocycles. The van der Waals surface area contributed by atoms with Gasteiger partial charge in [0.05, 0.1) is 7.11 Å². The lowest BCUT2D eigenvalue weighted by molar-refractivity contribution is 0.207. The largest absolute Gasteiger partial charge is 0.497 e. The van der Waals surface area contributed by atoms with E-state index in [9.17, 15) is 0 Å². The van der Waals surface area contributed by atoms with Crippen LogP contribution in [-0.4, -0.2) is 50.1 Å². The number of rotatable bonds is 2. The second-order valence-electron chi connectivity index (χ2n) is 6.83. The molecule has 4 nitrogen and oxygen atoms in total. The van der Waals surface area contributed by atoms with Gasteiger partial charge in [0.25, 0.3) is 0 Å². The molecule has 0 amide bonds. The minimum Gasteiger partial charge on any atom is -0.497 e. The third-order valence-corrected chi connectivity index (χ3v) is 4.99. The Kier molecular flexibility index (Phi) is 4.14. The minimum absolute atomic E-state index is 0.809. The Balaban J connectivity index is 1.83. The predicted molar refractivity (Wildman–Crippen MR) is 101 cm³/mol. The van der Waals surface area contributed by atoms with E-state index in [-0.39, 0.29) is 0 Å². The van der Waals surface area contributed by atoms with Gasteiger partial charge in [-0.1, -0.05) is 11.6 Å². The topological polar surface area (TPSA) is 24.9 Å². The summed E-state index contributed by atoms with van der Waals surface area (Å²) in [4.78, 5) is 4.85. The summed E-state index contributed by atoms with van der Waals surface area (Å²) in [7, 11) is 3.86. The van der Waals surface area contributed by atoms with Gasteiger partial charge in [0.2, 0.25) is 0 Å². The highest BCUT2D eigenvalue weighted by Crippen LogP contribution is 2.41. The quantitative estimate of drug-likeness (QED) is 0.831. The lowest BCUT2D eigenvalue weighted by Crippen LogP contribution is -2.43. The van der Waals surface area contributed by atoms with Crippen molar-refractivity contribution in [1.82, 2.24) is 9.80 Å². The number of nitrogens with zero attached hydrogens (tertiary/aromatic N) is 2. The zero-order valence-electron chi connectivity index (χ0n) is 15.1. The van der Waals surface area contributed by atoms with E-state index in [0.29, 0.717) is 0 Å². The van der Waals surface area contributed by atoms with Crippen LogP contribution in [0, 0.1) is 6.92 Å². The molecule has 130 valence electrons. The first-order valence-electron chi connectivity index (χ1n) is 8.76. The molecule has 0 bridgehead atoms. The number of hydrogen-bond acceptors (Lipinski definition) is 4. The number of methoxy groups -OCH3 is 1. The number of benzene rings is 2. The molecule has 1 fully saturated rings. The first-order chi connectivity index (χ1) is 12.1. The van der Waals surface area contributed by atoms with Crippen molar-refractivity contribution in [3.8, 4) is 17.2 Å². The molecule has 25 heavy (non-hydrogen) atoms. The van der Waals surface area contributed by atoms with Gasteiger partial charge in [0.15, 0.2) is 0 Å². The molecule has 0 saturated carbocycles. The van der Waals surface area contributed by atoms with Crippen molar-refractivity contribution in [2.75, 3.05) is 40.3 Å². The van der Waals surface area contributed by atoms with Crippen molar-refractivity contribution in [2.24, 2.45) is 0 Å². The van der Waals surface area contributed by atoms with Crippen LogP contribution in [0.15, 0.2) is 36.4 Å². The van der Waals surface area contributed by atoms with Crippen LogP contribution in [0.3, 0.4) is 0 Å². The molecule has 0 atom stereocenters. The molecule has 0 unspecified atom stereocenters. The van der Waals surface area contributed by atoms with E-state index in [1.807, 2.05) is 12.1 Å². The molecule has 0 spiro atoms. The molecule has 2 heterocycles. The van der Waals surface area contributed by atoms with Crippen molar-refractivity contribution in [3.63, 3.8) is 0 Å². The summed E-state index contributed by atoms with van der Waals surface area (Å²) in [6.07, 6.45) is 2.26. The van der Waals surface area contributed by atoms with Gasteiger partial charge in [-0.3, -0.25) is 0 Å². The summed E-state index contributed by atoms with van der Waals surface area (Å²) in [5, 5.41) is 0. The fraction of sp³-hybridized carbons (Fsp3) is 0.333. The smallest absolute Gasteiger partial charge is 0.138 e. The van der Waals surface area contributed by atoms with Crippen molar-refractivity contribution in [3.05, 3.63) is 53.1 Å². The molecule has 0 aliphatic carbocycles. The van der Waals surface area contributed by atoms with Gasteiger partial charge in [-0.25, -0.2) is 0 Å². The number of fused-ring (bicyclic) bond motifs is 2. The van der Waals surface area contributed by atoms with Crippen molar-refractivity contribution in [2.45, 2.75) is 6.92 Å². The molecule has 2 aromatic carbocycles. The molecule has 2 aromatic rings. The highest BCUT2D eigenvalue weighted by molar-refractivity contribution is 5.86. The van der Waals surface area contributed by atoms with Crippen LogP contribution in [0.2, 0.25) is 0 Å². The molecular weight excluding hydrogens is 312 g/mol. The van der Waals surface area contributed by atoms with Crippen LogP contribution in [0.1, 0.15) is 16.7 Å². The van der Waals surface area contributed by atoms with Crippen LogP contribution >= 0.6 is 0 Å². The molecule has 0 radical (unpaired) electrons. The first kappa shape index (κ1) is 16.0. The standard InChI is InChI=1S/C21H24N2O2/c1-15-4-7-20-18(12-15)19(23-10-8-22(2)9-11-23)13-16-5-6-17(24-3)14-21(16)25-20/h4-7,12-14H,8-11H2,1-3H3. The van der Waals surface area contributed by atoms with Gasteiger partial charge >= 0.3 is 0 Å². The number of ether oxygens (including phenoxy) is 2. The number of likely N-dealkylation sites (N-methyl/N-ethyl adjacent to an activating group) is 1. The van der Waals surface area contributed by atoms with E-state index in [1.54, 1.807) is 7.11 Å². The number of piperazine rings is 1. The monoisotopic (exact) mass is 336 g/mol. The number of hydrogen-bond donors (Lipinski definition) is 0. The van der Waals surface area contributed by atoms with E-state index in [2.05, 4.69) is 54.1 Å². The van der Waals surface area contributed by atoms with Crippen LogP contribution in [-0.2, 0) is 0 Å². The predicted octanol–water partition coefficient (Wildman–Crippen LogP) is 3.85. The molecule has 4 rings (SSSR count). The molecule has 0 aromatic heterocycles. The average molecular weight is 336 g/mol. The third-order valence-electron chi connectivity index (χ3n) is 4.99. The van der Waals surface area contributed by atoms with Crippen LogP contribution < -0.4 is 9.47 Å². The summed E-state index contributed by atoms with van der Waals surface area (Å²) < 4.78 is 11.6. The maximum atomic E-state index is 6.27. The van der Waals surface area contributed by atoms with Crippen LogP contribution in [0.4, 0.5) is 0 Å². The van der Waals surface area contributed by atoms with Crippen LogP contribution in [0.25, 0.3) is 11.8 Å². The van der Waals surface area contributed by atoms with Crippen molar-refractivity contribution >= 4 is 11.8 Å². The Labute approximate surface area is 149 Å². The number of aryl methyl sites for hydroxylation is 1. The Hall–Kier alpha value is -2.46. The van der Waals surface area contributed by atoms with E-state index in [0.717, 1.165) is 49.0 Å². The summed E-state index contributed by atoms with van der Waals surface area (Å²) in [6, 6.07) is 12.4. The molecule has 4 heteroatoms. The fourth-order valence-electron chi connectivity index (χ4n) is 3.43. The second kappa shape index (κ2) is 6.45. The van der Waals surface area contributed by atoms with E-state index in [4.69, 9.17) is 9.47 Å². The minimum atomic E-state index is 0.809. The highest BCUT2D eigenvalue weighted by atomic mass is 16.5. The second-order valence-corrected chi connectivity index (χ2v) is 6.83. The lowest BCUT2D eigenvalue weighted by atomic mass is 10.0. The SMILES string of the molecule is COc1ccc2c(c1)Oc1ccc(C)cc1C(N1CCN(C)CC1)=C2. The maximum Gasteiger partial charge on any atom is 0.138 e. The molecular formula is C21H24N2O2. The lowest BCUT2D eigenvalue weighted by Gasteiger charge is -2.35. The third kappa shape index (κ3) is 3.10. The van der Waals surface area contributed by atoms with E-state index in [1.165, 1.54) is 16.8 Å². The van der Waals surface area contributed by atoms with Crippen LogP contribution in [0.5, 0.6) is 17.2 Å². The van der Waals surface area contributed by atoms with Gasteiger partial charge in [-0.2, -0.15) is 0 Å². The Bertz CT molecular complexity index is 821. The zero-order chi connectivity index (χ0) is 17.4. The Morgan fingerprint density at radius 3 is 2.52 bits per heavy atom. The van der Waals surface area contributed by atoms with E-state index >= 15 is 0 Å². The zero-order valence-corrected chi connectivity index (χ0v) is 15.1. The summed E-state index contributed by atoms with van der Waals surface area (Å²) in [6.45, 7) is 6.34. The van der Waals surface area contributed by atoms with Gasteiger partial charge in [-0.05, 0) is 44.3 Å². The normalized spacial score (nSPS) is 17.1. The van der Waals surface area contributed by atoms with Crippen molar-refractivity contribution in [1.29, 1.82) is 0 Å². The molecule has 2 aliphatic rings. The summed E-state index contributed by atoms with van der Waals surface area (Å²) in [5.41, 5.74) is 4.74. The summed E-state index contributed by atoms with van der Waals surface area (Å²) >= 11 is 0. The highest BCUT2D eigenvalue weighted by Gasteiger charge is 2.23. The van der Waals surface area contributed by atoms with E-state index < -0.39 is 0 Å². The van der Waals surface area contributed by atoms with Gasteiger partial charge < -0.3 is 19.3 Å². The Morgan fingerprint density at radius 1 is 0.960 bits per heavy atom. The maximum absolute atomic E-state index is 6.27. The van der Waals surface area contributed by atoms with Gasteiger partial charge in [-0.15, -0.1) is 0 Å². The molecule has 0 N–H and O–H groups in total.